The Morgan fingerprint density at radius 3 is 2.90 bits per heavy atom. The lowest BCUT2D eigenvalue weighted by molar-refractivity contribution is -0.145. The van der Waals surface area contributed by atoms with Crippen molar-refractivity contribution in [1.29, 1.82) is 0 Å². The van der Waals surface area contributed by atoms with Gasteiger partial charge < -0.3 is 4.74 Å². The van der Waals surface area contributed by atoms with E-state index in [9.17, 15) is 13.2 Å². The van der Waals surface area contributed by atoms with Gasteiger partial charge in [0.05, 0.1) is 30.2 Å². The van der Waals surface area contributed by atoms with Crippen LogP contribution in [-0.4, -0.2) is 25.2 Å². The standard InChI is InChI=1S/C14H15NO4S/c1-2-19-7-8-20(17,18)15-13-11-6-4-3-5-10(11)9-12(13)14(15)16/h3-8,12-13H,2,9H2,1H3/b8-7+. The summed E-state index contributed by atoms with van der Waals surface area (Å²) >= 11 is 0. The van der Waals surface area contributed by atoms with Crippen LogP contribution >= 0.6 is 0 Å². The number of rotatable bonds is 4. The highest BCUT2D eigenvalue weighted by Crippen LogP contribution is 2.50. The predicted octanol–water partition coefficient (Wildman–Crippen LogP) is 1.58. The summed E-state index contributed by atoms with van der Waals surface area (Å²) in [5, 5.41) is 0.950. The Labute approximate surface area is 117 Å². The smallest absolute Gasteiger partial charge is 0.263 e. The summed E-state index contributed by atoms with van der Waals surface area (Å²) in [6, 6.07) is 7.25. The summed E-state index contributed by atoms with van der Waals surface area (Å²) < 4.78 is 30.3. The van der Waals surface area contributed by atoms with E-state index in [1.165, 1.54) is 0 Å². The highest BCUT2D eigenvalue weighted by atomic mass is 32.2. The van der Waals surface area contributed by atoms with Crippen molar-refractivity contribution < 1.29 is 17.9 Å². The van der Waals surface area contributed by atoms with Crippen LogP contribution in [0, 0.1) is 5.92 Å². The topological polar surface area (TPSA) is 63.7 Å². The van der Waals surface area contributed by atoms with Crippen LogP contribution in [0.15, 0.2) is 35.9 Å². The van der Waals surface area contributed by atoms with Gasteiger partial charge in [-0.3, -0.25) is 4.79 Å². The van der Waals surface area contributed by atoms with Crippen LogP contribution in [0.25, 0.3) is 0 Å². The van der Waals surface area contributed by atoms with Crippen LogP contribution in [0.5, 0.6) is 0 Å². The number of hydrogen-bond donors (Lipinski definition) is 0. The van der Waals surface area contributed by atoms with E-state index in [0.29, 0.717) is 13.0 Å². The van der Waals surface area contributed by atoms with Gasteiger partial charge >= 0.3 is 0 Å². The minimum Gasteiger partial charge on any atom is -0.501 e. The molecule has 6 heteroatoms. The lowest BCUT2D eigenvalue weighted by atomic mass is 9.91. The van der Waals surface area contributed by atoms with Crippen molar-refractivity contribution in [3.8, 4) is 0 Å². The van der Waals surface area contributed by atoms with Crippen LogP contribution in [0.4, 0.5) is 0 Å². The second kappa shape index (κ2) is 4.63. The van der Waals surface area contributed by atoms with Crippen LogP contribution in [0.2, 0.25) is 0 Å². The van der Waals surface area contributed by atoms with Gasteiger partial charge in [0, 0.05) is 0 Å². The number of β-lactam (4-membered cyclic amide) rings is 1. The third-order valence-electron chi connectivity index (χ3n) is 3.75. The molecule has 0 aromatic heterocycles. The summed E-state index contributed by atoms with van der Waals surface area (Å²) in [5.74, 6) is -0.560. The summed E-state index contributed by atoms with van der Waals surface area (Å²) in [6.07, 6.45) is 1.75. The Bertz CT molecular complexity index is 680. The van der Waals surface area contributed by atoms with E-state index in [4.69, 9.17) is 4.74 Å². The molecule has 5 nitrogen and oxygen atoms in total. The molecule has 1 aliphatic carbocycles. The summed E-state index contributed by atoms with van der Waals surface area (Å²) in [7, 11) is -3.76. The molecule has 1 heterocycles. The predicted molar refractivity (Wildman–Crippen MR) is 72.9 cm³/mol. The van der Waals surface area contributed by atoms with Crippen molar-refractivity contribution in [3.05, 3.63) is 47.1 Å². The molecule has 106 valence electrons. The molecule has 2 aliphatic rings. The Hall–Kier alpha value is -1.82. The average molecular weight is 293 g/mol. The molecule has 0 radical (unpaired) electrons. The van der Waals surface area contributed by atoms with Gasteiger partial charge in [-0.15, -0.1) is 0 Å². The van der Waals surface area contributed by atoms with Crippen molar-refractivity contribution in [2.24, 2.45) is 5.92 Å². The zero-order valence-electron chi connectivity index (χ0n) is 11.0. The van der Waals surface area contributed by atoms with Crippen molar-refractivity contribution in [3.63, 3.8) is 0 Å². The first kappa shape index (κ1) is 13.2. The molecule has 1 fully saturated rings. The molecule has 1 aliphatic heterocycles. The number of hydrogen-bond acceptors (Lipinski definition) is 4. The van der Waals surface area contributed by atoms with E-state index in [2.05, 4.69) is 0 Å². The first-order valence-electron chi connectivity index (χ1n) is 6.50. The highest BCUT2D eigenvalue weighted by molar-refractivity contribution is 7.92. The fraction of sp³-hybridized carbons (Fsp3) is 0.357. The minimum absolute atomic E-state index is 0.234. The van der Waals surface area contributed by atoms with Crippen molar-refractivity contribution in [2.45, 2.75) is 19.4 Å². The van der Waals surface area contributed by atoms with Gasteiger partial charge in [-0.2, -0.15) is 0 Å². The maximum absolute atomic E-state index is 12.2. The third-order valence-corrected chi connectivity index (χ3v) is 5.16. The van der Waals surface area contributed by atoms with E-state index in [-0.39, 0.29) is 17.9 Å². The van der Waals surface area contributed by atoms with E-state index in [1.54, 1.807) is 6.92 Å². The van der Waals surface area contributed by atoms with Gasteiger partial charge in [0.2, 0.25) is 5.91 Å². The van der Waals surface area contributed by atoms with Gasteiger partial charge in [-0.25, -0.2) is 12.7 Å². The molecular formula is C14H15NO4S. The normalized spacial score (nSPS) is 24.4. The monoisotopic (exact) mass is 293 g/mol. The molecule has 0 bridgehead atoms. The molecule has 2 unspecified atom stereocenters. The van der Waals surface area contributed by atoms with Gasteiger partial charge in [-0.1, -0.05) is 24.3 Å². The molecule has 1 aromatic carbocycles. The number of ether oxygens (including phenoxy) is 1. The molecule has 0 spiro atoms. The number of sulfonamides is 1. The molecule has 1 amide bonds. The molecule has 20 heavy (non-hydrogen) atoms. The quantitative estimate of drug-likeness (QED) is 0.624. The highest BCUT2D eigenvalue weighted by Gasteiger charge is 2.56. The van der Waals surface area contributed by atoms with E-state index >= 15 is 0 Å². The van der Waals surface area contributed by atoms with Crippen molar-refractivity contribution in [1.82, 2.24) is 4.31 Å². The van der Waals surface area contributed by atoms with E-state index in [1.807, 2.05) is 24.3 Å². The number of benzene rings is 1. The molecular weight excluding hydrogens is 278 g/mol. The fourth-order valence-corrected chi connectivity index (χ4v) is 4.17. The Balaban J connectivity index is 1.91. The first-order chi connectivity index (χ1) is 9.56. The van der Waals surface area contributed by atoms with Crippen LogP contribution < -0.4 is 0 Å². The number of carbonyl (C=O) groups excluding carboxylic acids is 1. The van der Waals surface area contributed by atoms with E-state index in [0.717, 1.165) is 27.1 Å². The zero-order valence-corrected chi connectivity index (χ0v) is 11.8. The zero-order chi connectivity index (χ0) is 14.3. The second-order valence-corrected chi connectivity index (χ2v) is 6.56. The number of nitrogens with zero attached hydrogens (tertiary/aromatic N) is 1. The summed E-state index contributed by atoms with van der Waals surface area (Å²) in [4.78, 5) is 12.1. The number of carbonyl (C=O) groups is 1. The minimum atomic E-state index is -3.76. The van der Waals surface area contributed by atoms with Crippen LogP contribution in [0.1, 0.15) is 24.1 Å². The average Bonchev–Trinajstić information content (AvgIpc) is 2.73. The number of fused-ring (bicyclic) bond motifs is 3. The number of amides is 1. The Kier molecular flexibility index (Phi) is 3.05. The molecule has 3 rings (SSSR count). The van der Waals surface area contributed by atoms with Crippen LogP contribution in [0.3, 0.4) is 0 Å². The lowest BCUT2D eigenvalue weighted by Gasteiger charge is -2.41. The fourth-order valence-electron chi connectivity index (χ4n) is 2.86. The molecule has 1 saturated heterocycles. The third kappa shape index (κ3) is 1.83. The molecule has 2 atom stereocenters. The van der Waals surface area contributed by atoms with Gasteiger partial charge in [0.1, 0.15) is 0 Å². The maximum atomic E-state index is 12.2. The largest absolute Gasteiger partial charge is 0.501 e. The van der Waals surface area contributed by atoms with Gasteiger partial charge in [0.25, 0.3) is 10.0 Å². The second-order valence-electron chi connectivity index (χ2n) is 4.86. The summed E-state index contributed by atoms with van der Waals surface area (Å²) in [6.45, 7) is 2.14. The Morgan fingerprint density at radius 1 is 1.40 bits per heavy atom. The van der Waals surface area contributed by atoms with E-state index < -0.39 is 10.0 Å². The SMILES string of the molecule is CCO/C=C/S(=O)(=O)N1C(=O)C2Cc3ccccc3C21. The molecule has 0 saturated carbocycles. The van der Waals surface area contributed by atoms with Gasteiger partial charge in [-0.05, 0) is 24.5 Å². The maximum Gasteiger partial charge on any atom is 0.263 e. The molecule has 1 aromatic rings. The Morgan fingerprint density at radius 2 is 2.15 bits per heavy atom. The van der Waals surface area contributed by atoms with Crippen molar-refractivity contribution >= 4 is 15.9 Å². The van der Waals surface area contributed by atoms with Gasteiger partial charge in [0.15, 0.2) is 0 Å². The van der Waals surface area contributed by atoms with Crippen molar-refractivity contribution in [2.75, 3.05) is 6.61 Å². The first-order valence-corrected chi connectivity index (χ1v) is 8.01. The molecule has 0 N–H and O–H groups in total. The lowest BCUT2D eigenvalue weighted by Crippen LogP contribution is -2.55. The summed E-state index contributed by atoms with van der Waals surface area (Å²) in [5.41, 5.74) is 1.99. The van der Waals surface area contributed by atoms with Crippen LogP contribution in [-0.2, 0) is 26.0 Å².